The van der Waals surface area contributed by atoms with E-state index in [1.54, 1.807) is 0 Å². The molecule has 0 bridgehead atoms. The molecule has 0 spiro atoms. The van der Waals surface area contributed by atoms with E-state index >= 15 is 0 Å². The second kappa shape index (κ2) is 6.81. The van der Waals surface area contributed by atoms with Gasteiger partial charge in [0, 0.05) is 6.61 Å². The molecule has 2 nitrogen and oxygen atoms in total. The van der Waals surface area contributed by atoms with Crippen molar-refractivity contribution in [2.45, 2.75) is 32.4 Å². The van der Waals surface area contributed by atoms with Crippen LogP contribution in [0.3, 0.4) is 0 Å². The number of aldehydes is 1. The van der Waals surface area contributed by atoms with Crippen molar-refractivity contribution in [2.24, 2.45) is 5.92 Å². The van der Waals surface area contributed by atoms with Gasteiger partial charge in [-0.1, -0.05) is 19.8 Å². The summed E-state index contributed by atoms with van der Waals surface area (Å²) in [5.41, 5.74) is 0. The molecule has 0 aromatic heterocycles. The lowest BCUT2D eigenvalue weighted by atomic mass is 10.2. The second-order valence-electron chi connectivity index (χ2n) is 3.07. The third-order valence-corrected chi connectivity index (χ3v) is 1.77. The van der Waals surface area contributed by atoms with Crippen molar-refractivity contribution in [3.05, 3.63) is 0 Å². The van der Waals surface area contributed by atoms with Gasteiger partial charge in [0.25, 0.3) is 0 Å². The molecule has 5 heteroatoms. The molecule has 0 saturated carbocycles. The summed E-state index contributed by atoms with van der Waals surface area (Å²) >= 11 is 0. The van der Waals surface area contributed by atoms with E-state index in [1.165, 1.54) is 0 Å². The Labute approximate surface area is 81.4 Å². The summed E-state index contributed by atoms with van der Waals surface area (Å²) in [7, 11) is 0. The van der Waals surface area contributed by atoms with Crippen molar-refractivity contribution < 1.29 is 22.7 Å². The molecule has 0 rings (SSSR count). The highest BCUT2D eigenvalue weighted by molar-refractivity contribution is 5.54. The molecule has 1 atom stereocenters. The number of alkyl halides is 3. The number of ether oxygens (including phenoxy) is 1. The molecule has 0 heterocycles. The van der Waals surface area contributed by atoms with E-state index in [1.807, 2.05) is 6.92 Å². The standard InChI is InChI=1S/C9H15F3O2/c1-2-3-4-5-14-7-8(6-13)9(10,11)12/h6,8H,2-5,7H2,1H3. The van der Waals surface area contributed by atoms with Gasteiger partial charge in [0.05, 0.1) is 6.61 Å². The zero-order chi connectivity index (χ0) is 11.0. The fraction of sp³-hybridized carbons (Fsp3) is 0.889. The van der Waals surface area contributed by atoms with Crippen LogP contribution >= 0.6 is 0 Å². The number of hydrogen-bond donors (Lipinski definition) is 0. The molecule has 0 aromatic carbocycles. The van der Waals surface area contributed by atoms with Gasteiger partial charge < -0.3 is 9.53 Å². The Kier molecular flexibility index (Phi) is 6.53. The number of carbonyl (C=O) groups is 1. The van der Waals surface area contributed by atoms with E-state index < -0.39 is 18.7 Å². The monoisotopic (exact) mass is 212 g/mol. The van der Waals surface area contributed by atoms with Gasteiger partial charge in [-0.15, -0.1) is 0 Å². The minimum Gasteiger partial charge on any atom is -0.380 e. The summed E-state index contributed by atoms with van der Waals surface area (Å²) in [6.07, 6.45) is -1.94. The van der Waals surface area contributed by atoms with Gasteiger partial charge in [0.2, 0.25) is 0 Å². The topological polar surface area (TPSA) is 26.3 Å². The Bertz CT molecular complexity index is 157. The van der Waals surface area contributed by atoms with Crippen LogP contribution in [0.2, 0.25) is 0 Å². The van der Waals surface area contributed by atoms with Gasteiger partial charge in [-0.25, -0.2) is 0 Å². The minimum atomic E-state index is -4.48. The first-order chi connectivity index (χ1) is 6.52. The van der Waals surface area contributed by atoms with Crippen molar-refractivity contribution in [3.8, 4) is 0 Å². The van der Waals surface area contributed by atoms with Crippen molar-refractivity contribution >= 4 is 6.29 Å². The van der Waals surface area contributed by atoms with E-state index in [-0.39, 0.29) is 12.9 Å². The smallest absolute Gasteiger partial charge is 0.380 e. The van der Waals surface area contributed by atoms with E-state index in [9.17, 15) is 18.0 Å². The number of hydrogen-bond acceptors (Lipinski definition) is 2. The maximum absolute atomic E-state index is 12.0. The average molecular weight is 212 g/mol. The highest BCUT2D eigenvalue weighted by Gasteiger charge is 2.39. The lowest BCUT2D eigenvalue weighted by Crippen LogP contribution is -2.28. The van der Waals surface area contributed by atoms with Crippen LogP contribution in [0.25, 0.3) is 0 Å². The highest BCUT2D eigenvalue weighted by Crippen LogP contribution is 2.24. The average Bonchev–Trinajstić information content (AvgIpc) is 2.09. The summed E-state index contributed by atoms with van der Waals surface area (Å²) in [6.45, 7) is 1.72. The van der Waals surface area contributed by atoms with Gasteiger partial charge in [0.1, 0.15) is 12.2 Å². The molecule has 0 aromatic rings. The van der Waals surface area contributed by atoms with Crippen molar-refractivity contribution in [3.63, 3.8) is 0 Å². The number of halogens is 3. The molecule has 84 valence electrons. The molecular formula is C9H15F3O2. The Balaban J connectivity index is 3.59. The Morgan fingerprint density at radius 2 is 2.00 bits per heavy atom. The summed E-state index contributed by atoms with van der Waals surface area (Å²) in [5.74, 6) is -1.98. The first-order valence-electron chi connectivity index (χ1n) is 4.62. The van der Waals surface area contributed by atoms with Crippen molar-refractivity contribution in [2.75, 3.05) is 13.2 Å². The van der Waals surface area contributed by atoms with Gasteiger partial charge in [0.15, 0.2) is 0 Å². The predicted molar refractivity (Wildman–Crippen MR) is 46.0 cm³/mol. The lowest BCUT2D eigenvalue weighted by molar-refractivity contribution is -0.185. The quantitative estimate of drug-likeness (QED) is 0.479. The maximum atomic E-state index is 12.0. The first kappa shape index (κ1) is 13.4. The molecule has 0 aliphatic heterocycles. The predicted octanol–water partition coefficient (Wildman–Crippen LogP) is 2.57. The van der Waals surface area contributed by atoms with Gasteiger partial charge >= 0.3 is 6.18 Å². The molecule has 0 amide bonds. The summed E-state index contributed by atoms with van der Waals surface area (Å²) in [6, 6.07) is 0. The number of carbonyl (C=O) groups excluding carboxylic acids is 1. The van der Waals surface area contributed by atoms with Crippen LogP contribution in [0.1, 0.15) is 26.2 Å². The van der Waals surface area contributed by atoms with Crippen LogP contribution in [0.15, 0.2) is 0 Å². The molecule has 0 radical (unpaired) electrons. The molecule has 14 heavy (non-hydrogen) atoms. The van der Waals surface area contributed by atoms with Crippen LogP contribution in [0, 0.1) is 5.92 Å². The third kappa shape index (κ3) is 5.96. The Hall–Kier alpha value is -0.580. The molecule has 0 N–H and O–H groups in total. The lowest BCUT2D eigenvalue weighted by Gasteiger charge is -2.14. The van der Waals surface area contributed by atoms with Crippen LogP contribution in [0.5, 0.6) is 0 Å². The third-order valence-electron chi connectivity index (χ3n) is 1.77. The van der Waals surface area contributed by atoms with E-state index in [4.69, 9.17) is 4.74 Å². The number of rotatable bonds is 7. The summed E-state index contributed by atoms with van der Waals surface area (Å²) in [5, 5.41) is 0. The largest absolute Gasteiger partial charge is 0.400 e. The van der Waals surface area contributed by atoms with Crippen LogP contribution in [-0.4, -0.2) is 25.7 Å². The highest BCUT2D eigenvalue weighted by atomic mass is 19.4. The normalized spacial score (nSPS) is 14.0. The molecule has 1 unspecified atom stereocenters. The molecule has 0 fully saturated rings. The van der Waals surface area contributed by atoms with E-state index in [0.29, 0.717) is 0 Å². The zero-order valence-corrected chi connectivity index (χ0v) is 8.14. The molecular weight excluding hydrogens is 197 g/mol. The summed E-state index contributed by atoms with van der Waals surface area (Å²) < 4.78 is 40.7. The SMILES string of the molecule is CCCCCOCC(C=O)C(F)(F)F. The van der Waals surface area contributed by atoms with E-state index in [2.05, 4.69) is 0 Å². The minimum absolute atomic E-state index is 0.111. The van der Waals surface area contributed by atoms with Crippen LogP contribution in [-0.2, 0) is 9.53 Å². The first-order valence-corrected chi connectivity index (χ1v) is 4.62. The Morgan fingerprint density at radius 3 is 2.43 bits per heavy atom. The van der Waals surface area contributed by atoms with Crippen molar-refractivity contribution in [1.82, 2.24) is 0 Å². The number of unbranched alkanes of at least 4 members (excludes halogenated alkanes) is 2. The fourth-order valence-corrected chi connectivity index (χ4v) is 0.875. The van der Waals surface area contributed by atoms with Gasteiger partial charge in [-0.3, -0.25) is 0 Å². The molecule has 0 saturated heterocycles. The fourth-order valence-electron chi connectivity index (χ4n) is 0.875. The zero-order valence-electron chi connectivity index (χ0n) is 8.14. The van der Waals surface area contributed by atoms with Gasteiger partial charge in [-0.2, -0.15) is 13.2 Å². The van der Waals surface area contributed by atoms with Gasteiger partial charge in [-0.05, 0) is 6.42 Å². The summed E-state index contributed by atoms with van der Waals surface area (Å²) in [4.78, 5) is 10.1. The van der Waals surface area contributed by atoms with Crippen LogP contribution in [0.4, 0.5) is 13.2 Å². The second-order valence-corrected chi connectivity index (χ2v) is 3.07. The van der Waals surface area contributed by atoms with Crippen LogP contribution < -0.4 is 0 Å². The molecule has 0 aliphatic carbocycles. The maximum Gasteiger partial charge on any atom is 0.400 e. The molecule has 0 aliphatic rings. The van der Waals surface area contributed by atoms with Crippen molar-refractivity contribution in [1.29, 1.82) is 0 Å². The Morgan fingerprint density at radius 1 is 1.36 bits per heavy atom. The van der Waals surface area contributed by atoms with E-state index in [0.717, 1.165) is 19.3 Å².